The van der Waals surface area contributed by atoms with E-state index in [1.54, 1.807) is 13.8 Å². The molecule has 3 rings (SSSR count). The van der Waals surface area contributed by atoms with Gasteiger partial charge in [0.1, 0.15) is 10.7 Å². The van der Waals surface area contributed by atoms with Crippen LogP contribution in [0, 0.1) is 6.92 Å². The summed E-state index contributed by atoms with van der Waals surface area (Å²) in [6, 6.07) is 4.02. The van der Waals surface area contributed by atoms with Gasteiger partial charge in [-0.05, 0) is 26.0 Å². The summed E-state index contributed by atoms with van der Waals surface area (Å²) in [5.41, 5.74) is 1.67. The number of thioether (sulfide) groups is 1. The van der Waals surface area contributed by atoms with Gasteiger partial charge in [-0.2, -0.15) is 0 Å². The number of hydrogen-bond donors (Lipinski definition) is 1. The minimum atomic E-state index is -0.429. The fourth-order valence-corrected chi connectivity index (χ4v) is 4.19. The third-order valence-corrected chi connectivity index (χ3v) is 6.22. The number of hydrogen-bond acceptors (Lipinski definition) is 8. The molecule has 0 fully saturated rings. The number of aromatic nitrogens is 5. The highest BCUT2D eigenvalue weighted by Gasteiger charge is 2.18. The molecule has 0 aromatic carbocycles. The quantitative estimate of drug-likeness (QED) is 0.429. The lowest BCUT2D eigenvalue weighted by Gasteiger charge is -2.05. The van der Waals surface area contributed by atoms with E-state index in [9.17, 15) is 9.59 Å². The molecular weight excluding hydrogens is 412 g/mol. The molecule has 3 heterocycles. The van der Waals surface area contributed by atoms with Gasteiger partial charge in [-0.15, -0.1) is 10.2 Å². The number of esters is 1. The van der Waals surface area contributed by atoms with Crippen LogP contribution in [0.15, 0.2) is 23.5 Å². The zero-order chi connectivity index (χ0) is 21.0. The Kier molecular flexibility index (Phi) is 6.70. The predicted molar refractivity (Wildman–Crippen MR) is 111 cm³/mol. The summed E-state index contributed by atoms with van der Waals surface area (Å²) in [4.78, 5) is 28.8. The molecule has 0 aliphatic heterocycles. The third-order valence-electron chi connectivity index (χ3n) is 4.15. The van der Waals surface area contributed by atoms with Crippen molar-refractivity contribution in [1.29, 1.82) is 0 Å². The van der Waals surface area contributed by atoms with Crippen molar-refractivity contribution < 1.29 is 14.3 Å². The summed E-state index contributed by atoms with van der Waals surface area (Å²) in [7, 11) is 3.87. The Morgan fingerprint density at radius 1 is 1.31 bits per heavy atom. The van der Waals surface area contributed by atoms with Crippen molar-refractivity contribution in [2.75, 3.05) is 17.7 Å². The van der Waals surface area contributed by atoms with E-state index in [4.69, 9.17) is 4.74 Å². The van der Waals surface area contributed by atoms with Crippen LogP contribution in [0.1, 0.15) is 33.8 Å². The van der Waals surface area contributed by atoms with E-state index in [0.717, 1.165) is 22.9 Å². The maximum absolute atomic E-state index is 12.3. The van der Waals surface area contributed by atoms with Gasteiger partial charge >= 0.3 is 5.97 Å². The van der Waals surface area contributed by atoms with E-state index in [1.807, 2.05) is 41.6 Å². The molecule has 0 aliphatic carbocycles. The van der Waals surface area contributed by atoms with Crippen LogP contribution < -0.4 is 5.32 Å². The largest absolute Gasteiger partial charge is 0.462 e. The minimum absolute atomic E-state index is 0.156. The lowest BCUT2D eigenvalue weighted by atomic mass is 10.3. The normalized spacial score (nSPS) is 10.9. The van der Waals surface area contributed by atoms with Crippen LogP contribution in [0.25, 0.3) is 0 Å². The number of ether oxygens (including phenoxy) is 1. The number of nitrogens with one attached hydrogen (secondary N) is 1. The summed E-state index contributed by atoms with van der Waals surface area (Å²) in [6.45, 7) is 3.74. The number of nitrogens with zero attached hydrogens (tertiary/aromatic N) is 5. The van der Waals surface area contributed by atoms with E-state index < -0.39 is 5.97 Å². The first-order chi connectivity index (χ1) is 13.9. The standard InChI is InChI=1S/C18H22N6O3S2/c1-5-27-16(26)15-11(2)19-17(29-15)20-14(25)10-28-18-22-21-13(24(18)4)9-12-7-6-8-23(12)3/h6-8H,5,9-10H2,1-4H3,(H,19,20,25). The molecule has 29 heavy (non-hydrogen) atoms. The molecule has 11 heteroatoms. The molecule has 0 atom stereocenters. The monoisotopic (exact) mass is 434 g/mol. The molecule has 1 N–H and O–H groups in total. The molecule has 154 valence electrons. The molecule has 0 unspecified atom stereocenters. The molecule has 0 bridgehead atoms. The molecule has 1 amide bonds. The van der Waals surface area contributed by atoms with Gasteiger partial charge in [0.05, 0.1) is 18.1 Å². The summed E-state index contributed by atoms with van der Waals surface area (Å²) in [6.07, 6.45) is 2.65. The van der Waals surface area contributed by atoms with Crippen molar-refractivity contribution in [2.45, 2.75) is 25.4 Å². The van der Waals surface area contributed by atoms with Gasteiger partial charge < -0.3 is 19.2 Å². The first kappa shape index (κ1) is 21.1. The van der Waals surface area contributed by atoms with Gasteiger partial charge in [0.25, 0.3) is 0 Å². The van der Waals surface area contributed by atoms with E-state index in [-0.39, 0.29) is 18.3 Å². The summed E-state index contributed by atoms with van der Waals surface area (Å²) >= 11 is 2.40. The molecular formula is C18H22N6O3S2. The average Bonchev–Trinajstić information content (AvgIpc) is 3.35. The predicted octanol–water partition coefficient (Wildman–Crippen LogP) is 2.42. The van der Waals surface area contributed by atoms with Crippen molar-refractivity contribution in [2.24, 2.45) is 14.1 Å². The van der Waals surface area contributed by atoms with Crippen LogP contribution >= 0.6 is 23.1 Å². The van der Waals surface area contributed by atoms with Gasteiger partial charge in [0, 0.05) is 32.4 Å². The van der Waals surface area contributed by atoms with E-state index >= 15 is 0 Å². The highest BCUT2D eigenvalue weighted by Crippen LogP contribution is 2.24. The third kappa shape index (κ3) is 5.04. The van der Waals surface area contributed by atoms with Crippen LogP contribution in [0.3, 0.4) is 0 Å². The number of anilines is 1. The molecule has 0 spiro atoms. The minimum Gasteiger partial charge on any atom is -0.462 e. The van der Waals surface area contributed by atoms with Gasteiger partial charge in [0.2, 0.25) is 5.91 Å². The van der Waals surface area contributed by atoms with E-state index in [1.165, 1.54) is 11.8 Å². The van der Waals surface area contributed by atoms with Crippen LogP contribution in [0.2, 0.25) is 0 Å². The molecule has 0 saturated heterocycles. The van der Waals surface area contributed by atoms with Crippen LogP contribution in [-0.2, 0) is 30.0 Å². The molecule has 3 aromatic heterocycles. The first-order valence-electron chi connectivity index (χ1n) is 8.94. The van der Waals surface area contributed by atoms with Crippen molar-refractivity contribution in [3.05, 3.63) is 40.4 Å². The maximum atomic E-state index is 12.3. The van der Waals surface area contributed by atoms with E-state index in [0.29, 0.717) is 27.3 Å². The van der Waals surface area contributed by atoms with Gasteiger partial charge in [-0.1, -0.05) is 23.1 Å². The fraction of sp³-hybridized carbons (Fsp3) is 0.389. The fourth-order valence-electron chi connectivity index (χ4n) is 2.59. The van der Waals surface area contributed by atoms with Crippen molar-refractivity contribution in [3.8, 4) is 0 Å². The SMILES string of the molecule is CCOC(=O)c1sc(NC(=O)CSc2nnc(Cc3cccn3C)n2C)nc1C. The van der Waals surface area contributed by atoms with Gasteiger partial charge in [0.15, 0.2) is 10.3 Å². The summed E-state index contributed by atoms with van der Waals surface area (Å²) < 4.78 is 8.91. The van der Waals surface area contributed by atoms with Crippen molar-refractivity contribution in [3.63, 3.8) is 0 Å². The maximum Gasteiger partial charge on any atom is 0.350 e. The Labute approximate surface area is 176 Å². The Balaban J connectivity index is 1.57. The number of aryl methyl sites for hydroxylation is 2. The van der Waals surface area contributed by atoms with Crippen molar-refractivity contribution in [1.82, 2.24) is 24.3 Å². The second kappa shape index (κ2) is 9.23. The second-order valence-electron chi connectivity index (χ2n) is 6.24. The smallest absolute Gasteiger partial charge is 0.350 e. The second-order valence-corrected chi connectivity index (χ2v) is 8.18. The molecule has 9 nitrogen and oxygen atoms in total. The van der Waals surface area contributed by atoms with Gasteiger partial charge in [-0.3, -0.25) is 4.79 Å². The Bertz CT molecular complexity index is 1020. The lowest BCUT2D eigenvalue weighted by Crippen LogP contribution is -2.14. The topological polar surface area (TPSA) is 104 Å². The zero-order valence-electron chi connectivity index (χ0n) is 16.6. The molecule has 0 radical (unpaired) electrons. The Morgan fingerprint density at radius 3 is 2.79 bits per heavy atom. The number of thiazole rings is 1. The zero-order valence-corrected chi connectivity index (χ0v) is 18.3. The number of carbonyl (C=O) groups excluding carboxylic acids is 2. The summed E-state index contributed by atoms with van der Waals surface area (Å²) in [5, 5.41) is 12.2. The van der Waals surface area contributed by atoms with Crippen molar-refractivity contribution >= 4 is 40.1 Å². The molecule has 0 saturated carbocycles. The summed E-state index contributed by atoms with van der Waals surface area (Å²) in [5.74, 6) is 0.321. The Hall–Kier alpha value is -2.66. The average molecular weight is 435 g/mol. The number of amides is 1. The van der Waals surface area contributed by atoms with Crippen LogP contribution in [-0.4, -0.2) is 48.6 Å². The number of carbonyl (C=O) groups is 2. The highest BCUT2D eigenvalue weighted by molar-refractivity contribution is 7.99. The first-order valence-corrected chi connectivity index (χ1v) is 10.7. The molecule has 0 aliphatic rings. The Morgan fingerprint density at radius 2 is 2.10 bits per heavy atom. The van der Waals surface area contributed by atoms with Gasteiger partial charge in [-0.25, -0.2) is 9.78 Å². The van der Waals surface area contributed by atoms with E-state index in [2.05, 4.69) is 20.5 Å². The lowest BCUT2D eigenvalue weighted by molar-refractivity contribution is -0.113. The van der Waals surface area contributed by atoms with Crippen LogP contribution in [0.4, 0.5) is 5.13 Å². The van der Waals surface area contributed by atoms with Crippen LogP contribution in [0.5, 0.6) is 0 Å². The highest BCUT2D eigenvalue weighted by atomic mass is 32.2. The number of rotatable bonds is 8. The molecule has 3 aromatic rings.